The molecule has 0 saturated carbocycles. The third kappa shape index (κ3) is 15.0. The van der Waals surface area contributed by atoms with Gasteiger partial charge in [0.15, 0.2) is 0 Å². The highest BCUT2D eigenvalue weighted by Gasteiger charge is 2.40. The Morgan fingerprint density at radius 2 is 1.40 bits per heavy atom. The van der Waals surface area contributed by atoms with E-state index in [1.165, 1.54) is 4.90 Å². The van der Waals surface area contributed by atoms with Gasteiger partial charge in [-0.25, -0.2) is 13.6 Å². The molecule has 4 atom stereocenters. The number of nitrogens with one attached hydrogen (secondary N) is 2. The van der Waals surface area contributed by atoms with Gasteiger partial charge in [-0.15, -0.1) is 0 Å². The van der Waals surface area contributed by atoms with E-state index in [1.54, 1.807) is 30.3 Å². The van der Waals surface area contributed by atoms with Crippen molar-refractivity contribution in [3.8, 4) is 0 Å². The van der Waals surface area contributed by atoms with Crippen LogP contribution in [0.5, 0.6) is 0 Å². The Morgan fingerprint density at radius 1 is 0.800 bits per heavy atom. The van der Waals surface area contributed by atoms with E-state index in [0.29, 0.717) is 12.0 Å². The van der Waals surface area contributed by atoms with Crippen LogP contribution in [0.1, 0.15) is 68.7 Å². The molecule has 4 aromatic carbocycles. The van der Waals surface area contributed by atoms with Crippen molar-refractivity contribution in [2.45, 2.75) is 84.2 Å². The first kappa shape index (κ1) is 49.5. The topological polar surface area (TPSA) is 177 Å². The van der Waals surface area contributed by atoms with E-state index in [4.69, 9.17) is 15.2 Å². The second-order valence-corrected chi connectivity index (χ2v) is 17.0. The van der Waals surface area contributed by atoms with E-state index < -0.39 is 71.4 Å². The van der Waals surface area contributed by atoms with Crippen molar-refractivity contribution in [3.63, 3.8) is 0 Å². The summed E-state index contributed by atoms with van der Waals surface area (Å²) in [5, 5.41) is 15.5. The maximum absolute atomic E-state index is 15.2. The maximum Gasteiger partial charge on any atom is 0.328 e. The molecule has 0 saturated heterocycles. The van der Waals surface area contributed by atoms with Crippen molar-refractivity contribution >= 4 is 35.2 Å². The molecule has 344 valence electrons. The maximum atomic E-state index is 15.2. The molecule has 3 amide bonds. The van der Waals surface area contributed by atoms with E-state index in [2.05, 4.69) is 10.6 Å². The fourth-order valence-corrected chi connectivity index (χ4v) is 7.75. The molecule has 1 aliphatic rings. The average Bonchev–Trinajstić information content (AvgIpc) is 3.70. The van der Waals surface area contributed by atoms with Crippen molar-refractivity contribution in [1.29, 1.82) is 0 Å². The van der Waals surface area contributed by atoms with Crippen LogP contribution in [0.15, 0.2) is 127 Å². The number of carbonyl (C=O) groups is 5. The third-order valence-electron chi connectivity index (χ3n) is 11.0. The number of rotatable bonds is 22. The first-order valence-corrected chi connectivity index (χ1v) is 21.7. The minimum absolute atomic E-state index is 0.0263. The number of nitrogens with zero attached hydrogens (tertiary/aromatic N) is 1. The van der Waals surface area contributed by atoms with Gasteiger partial charge in [0, 0.05) is 37.4 Å². The SMILES string of the molecule is CC(C)(C)[C@H](C1=CC(c2cc(F)ccc2F)=CC1Cc1ccccc1)N(CC[C@H](N)C(=O)NCCC(=O)N[C@H](CCC(=O)OCc1ccccc1)C(=O)OCc1ccccc1)C(=O)CO. The summed E-state index contributed by atoms with van der Waals surface area (Å²) in [5.74, 6) is -4.65. The quantitative estimate of drug-likeness (QED) is 0.0655. The van der Waals surface area contributed by atoms with Gasteiger partial charge in [-0.2, -0.15) is 0 Å². The van der Waals surface area contributed by atoms with Gasteiger partial charge in [0.1, 0.15) is 37.5 Å². The average molecular weight is 893 g/mol. The van der Waals surface area contributed by atoms with Gasteiger partial charge in [0.05, 0.1) is 12.1 Å². The Hall–Kier alpha value is -6.51. The van der Waals surface area contributed by atoms with Gasteiger partial charge in [0.25, 0.3) is 0 Å². The molecule has 65 heavy (non-hydrogen) atoms. The van der Waals surface area contributed by atoms with E-state index in [-0.39, 0.29) is 63.5 Å². The van der Waals surface area contributed by atoms with Crippen LogP contribution in [0.3, 0.4) is 0 Å². The molecule has 12 nitrogen and oxygen atoms in total. The lowest BCUT2D eigenvalue weighted by Crippen LogP contribution is -2.52. The Labute approximate surface area is 378 Å². The van der Waals surface area contributed by atoms with Crippen LogP contribution in [-0.4, -0.2) is 77.5 Å². The second kappa shape index (κ2) is 24.0. The van der Waals surface area contributed by atoms with E-state index in [9.17, 15) is 33.5 Å². The van der Waals surface area contributed by atoms with E-state index >= 15 is 4.39 Å². The number of aliphatic hydroxyl groups is 1. The minimum Gasteiger partial charge on any atom is -0.461 e. The molecule has 0 radical (unpaired) electrons. The molecule has 5 N–H and O–H groups in total. The van der Waals surface area contributed by atoms with Crippen molar-refractivity contribution in [3.05, 3.63) is 161 Å². The van der Waals surface area contributed by atoms with Gasteiger partial charge in [-0.05, 0) is 70.7 Å². The molecule has 0 aliphatic heterocycles. The molecule has 1 aliphatic carbocycles. The van der Waals surface area contributed by atoms with Crippen LogP contribution < -0.4 is 16.4 Å². The van der Waals surface area contributed by atoms with Gasteiger partial charge in [-0.3, -0.25) is 19.2 Å². The normalized spacial score (nSPS) is 14.8. The number of ether oxygens (including phenoxy) is 2. The lowest BCUT2D eigenvalue weighted by molar-refractivity contribution is -0.150. The number of benzene rings is 4. The zero-order valence-electron chi connectivity index (χ0n) is 37.0. The van der Waals surface area contributed by atoms with Gasteiger partial charge < -0.3 is 35.8 Å². The fourth-order valence-electron chi connectivity index (χ4n) is 7.75. The van der Waals surface area contributed by atoms with Gasteiger partial charge >= 0.3 is 11.9 Å². The van der Waals surface area contributed by atoms with Crippen LogP contribution in [0.25, 0.3) is 5.57 Å². The van der Waals surface area contributed by atoms with Crippen LogP contribution >= 0.6 is 0 Å². The highest BCUT2D eigenvalue weighted by molar-refractivity contribution is 5.86. The fraction of sp³-hybridized carbons (Fsp3) is 0.353. The van der Waals surface area contributed by atoms with E-state index in [0.717, 1.165) is 40.5 Å². The number of amides is 3. The Morgan fingerprint density at radius 3 is 2.00 bits per heavy atom. The number of halogens is 2. The minimum atomic E-state index is -1.18. The van der Waals surface area contributed by atoms with E-state index in [1.807, 2.05) is 93.6 Å². The van der Waals surface area contributed by atoms with Crippen molar-refractivity contribution in [1.82, 2.24) is 15.5 Å². The smallest absolute Gasteiger partial charge is 0.328 e. The van der Waals surface area contributed by atoms with Crippen molar-refractivity contribution < 1.29 is 47.3 Å². The summed E-state index contributed by atoms with van der Waals surface area (Å²) in [6, 6.07) is 28.0. The molecule has 0 fully saturated rings. The zero-order chi connectivity index (χ0) is 46.9. The molecule has 0 bridgehead atoms. The highest BCUT2D eigenvalue weighted by Crippen LogP contribution is 2.42. The molecule has 0 heterocycles. The molecule has 1 unspecified atom stereocenters. The highest BCUT2D eigenvalue weighted by atomic mass is 19.1. The molecule has 0 spiro atoms. The summed E-state index contributed by atoms with van der Waals surface area (Å²) in [5.41, 5.74) is 9.50. The largest absolute Gasteiger partial charge is 0.461 e. The van der Waals surface area contributed by atoms with Crippen LogP contribution in [-0.2, 0) is 53.1 Å². The Balaban J connectivity index is 1.21. The standard InChI is InChI=1S/C51H58F2N4O8/c1-51(2,3)48(41-29-38(40-30-39(52)19-20-42(40)53)28-37(41)27-34-13-7-4-8-14-34)57(46(60)31-58)26-24-43(54)49(62)55-25-23-45(59)56-44(50(63)65-33-36-17-11-6-12-18-36)21-22-47(61)64-32-35-15-9-5-10-16-35/h4-20,28-30,37,43-44,48,58H,21-27,31-33,54H2,1-3H3,(H,55,62)(H,56,59)/t37?,43-,44+,48-/m0/s1. The van der Waals surface area contributed by atoms with Crippen molar-refractivity contribution in [2.75, 3.05) is 19.7 Å². The predicted molar refractivity (Wildman–Crippen MR) is 242 cm³/mol. The molecule has 5 rings (SSSR count). The number of aliphatic hydroxyl groups excluding tert-OH is 1. The van der Waals surface area contributed by atoms with Crippen LogP contribution in [0.4, 0.5) is 8.78 Å². The zero-order valence-corrected chi connectivity index (χ0v) is 37.0. The first-order valence-electron chi connectivity index (χ1n) is 21.7. The monoisotopic (exact) mass is 892 g/mol. The number of carbonyl (C=O) groups excluding carboxylic acids is 5. The van der Waals surface area contributed by atoms with Crippen LogP contribution in [0.2, 0.25) is 0 Å². The summed E-state index contributed by atoms with van der Waals surface area (Å²) in [7, 11) is 0. The number of nitrogens with two attached hydrogens (primary N) is 1. The lowest BCUT2D eigenvalue weighted by atomic mass is 9.76. The summed E-state index contributed by atoms with van der Waals surface area (Å²) in [6.07, 6.45) is 3.61. The molecular formula is C51H58F2N4O8. The van der Waals surface area contributed by atoms with Crippen LogP contribution in [0, 0.1) is 23.0 Å². The summed E-state index contributed by atoms with van der Waals surface area (Å²) in [4.78, 5) is 67.2. The molecule has 0 aromatic heterocycles. The number of hydrogen-bond acceptors (Lipinski definition) is 9. The molecule has 4 aromatic rings. The third-order valence-corrected chi connectivity index (χ3v) is 11.0. The Bertz CT molecular complexity index is 2300. The number of esters is 2. The summed E-state index contributed by atoms with van der Waals surface area (Å²) < 4.78 is 40.4. The lowest BCUT2D eigenvalue weighted by Gasteiger charge is -2.43. The number of hydrogen-bond donors (Lipinski definition) is 4. The molecular weight excluding hydrogens is 835 g/mol. The van der Waals surface area contributed by atoms with Gasteiger partial charge in [0.2, 0.25) is 17.7 Å². The Kier molecular flexibility index (Phi) is 18.3. The predicted octanol–water partition coefficient (Wildman–Crippen LogP) is 6.36. The van der Waals surface area contributed by atoms with Crippen molar-refractivity contribution in [2.24, 2.45) is 17.1 Å². The second-order valence-electron chi connectivity index (χ2n) is 17.0. The summed E-state index contributed by atoms with van der Waals surface area (Å²) >= 11 is 0. The first-order chi connectivity index (χ1) is 31.1. The summed E-state index contributed by atoms with van der Waals surface area (Å²) in [6.45, 7) is 4.78. The number of allylic oxidation sites excluding steroid dienone is 3. The molecule has 14 heteroatoms. The van der Waals surface area contributed by atoms with Gasteiger partial charge in [-0.1, -0.05) is 124 Å².